The van der Waals surface area contributed by atoms with Crippen LogP contribution in [-0.2, 0) is 9.47 Å². The van der Waals surface area contributed by atoms with E-state index in [9.17, 15) is 9.18 Å². The van der Waals surface area contributed by atoms with Gasteiger partial charge in [0.15, 0.2) is 0 Å². The summed E-state index contributed by atoms with van der Waals surface area (Å²) in [6.45, 7) is 2.42. The van der Waals surface area contributed by atoms with Crippen LogP contribution in [0.4, 0.5) is 4.39 Å². The van der Waals surface area contributed by atoms with Crippen molar-refractivity contribution in [3.63, 3.8) is 0 Å². The van der Waals surface area contributed by atoms with E-state index in [4.69, 9.17) is 13.9 Å². The Hall–Kier alpha value is -2.44. The molecular weight excluding hydrogens is 349 g/mol. The van der Waals surface area contributed by atoms with Gasteiger partial charge in [0.05, 0.1) is 13.7 Å². The Kier molecular flexibility index (Phi) is 5.09. The molecule has 0 radical (unpaired) electrons. The van der Waals surface area contributed by atoms with Gasteiger partial charge in [0, 0.05) is 30.5 Å². The van der Waals surface area contributed by atoms with E-state index >= 15 is 0 Å². The SMILES string of the molecule is COC(=O)c1cc(F)cc2cc(C3C=CC(CNC4CCOC4)=CC3)oc12. The average molecular weight is 371 g/mol. The lowest BCUT2D eigenvalue weighted by molar-refractivity contribution is 0.0601. The number of rotatable bonds is 5. The highest BCUT2D eigenvalue weighted by atomic mass is 19.1. The second kappa shape index (κ2) is 7.66. The van der Waals surface area contributed by atoms with Gasteiger partial charge in [-0.1, -0.05) is 18.2 Å². The van der Waals surface area contributed by atoms with Crippen molar-refractivity contribution in [1.82, 2.24) is 5.32 Å². The molecule has 4 rings (SSSR count). The van der Waals surface area contributed by atoms with E-state index in [1.54, 1.807) is 6.07 Å². The van der Waals surface area contributed by atoms with Crippen molar-refractivity contribution >= 4 is 16.9 Å². The molecule has 2 atom stereocenters. The van der Waals surface area contributed by atoms with Gasteiger partial charge in [-0.15, -0.1) is 0 Å². The molecule has 27 heavy (non-hydrogen) atoms. The molecule has 1 fully saturated rings. The monoisotopic (exact) mass is 371 g/mol. The highest BCUT2D eigenvalue weighted by Crippen LogP contribution is 2.33. The first-order valence-electron chi connectivity index (χ1n) is 9.13. The zero-order valence-electron chi connectivity index (χ0n) is 15.2. The number of carbonyl (C=O) groups is 1. The summed E-state index contributed by atoms with van der Waals surface area (Å²) in [6, 6.07) is 4.75. The lowest BCUT2D eigenvalue weighted by Crippen LogP contribution is -2.30. The minimum absolute atomic E-state index is 0.0597. The van der Waals surface area contributed by atoms with Crippen molar-refractivity contribution in [3.05, 3.63) is 59.1 Å². The average Bonchev–Trinajstić information content (AvgIpc) is 3.35. The Labute approximate surface area is 156 Å². The van der Waals surface area contributed by atoms with Crippen molar-refractivity contribution < 1.29 is 23.1 Å². The van der Waals surface area contributed by atoms with Crippen LogP contribution in [0, 0.1) is 5.82 Å². The molecule has 2 unspecified atom stereocenters. The summed E-state index contributed by atoms with van der Waals surface area (Å²) >= 11 is 0. The number of methoxy groups -OCH3 is 1. The van der Waals surface area contributed by atoms with Crippen LogP contribution in [0.2, 0.25) is 0 Å². The molecule has 2 aromatic rings. The van der Waals surface area contributed by atoms with Crippen molar-refractivity contribution in [2.75, 3.05) is 26.9 Å². The summed E-state index contributed by atoms with van der Waals surface area (Å²) in [4.78, 5) is 11.9. The van der Waals surface area contributed by atoms with Gasteiger partial charge in [-0.05, 0) is 36.6 Å². The third-order valence-corrected chi connectivity index (χ3v) is 5.07. The second-order valence-electron chi connectivity index (χ2n) is 6.93. The molecule has 0 amide bonds. The normalized spacial score (nSPS) is 22.2. The Morgan fingerprint density at radius 3 is 2.96 bits per heavy atom. The molecule has 0 bridgehead atoms. The quantitative estimate of drug-likeness (QED) is 0.812. The number of esters is 1. The van der Waals surface area contributed by atoms with Crippen molar-refractivity contribution in [2.45, 2.75) is 24.8 Å². The molecule has 1 N–H and O–H groups in total. The van der Waals surface area contributed by atoms with Crippen LogP contribution in [0.3, 0.4) is 0 Å². The van der Waals surface area contributed by atoms with Gasteiger partial charge in [0.25, 0.3) is 0 Å². The van der Waals surface area contributed by atoms with Gasteiger partial charge in [0.2, 0.25) is 0 Å². The number of carbonyl (C=O) groups excluding carboxylic acids is 1. The number of benzene rings is 1. The number of furan rings is 1. The third kappa shape index (κ3) is 3.82. The second-order valence-corrected chi connectivity index (χ2v) is 6.93. The predicted molar refractivity (Wildman–Crippen MR) is 99.3 cm³/mol. The molecular formula is C21H22FNO4. The first-order valence-corrected chi connectivity index (χ1v) is 9.13. The maximum Gasteiger partial charge on any atom is 0.341 e. The minimum atomic E-state index is -0.608. The summed E-state index contributed by atoms with van der Waals surface area (Å²) in [6.07, 6.45) is 8.21. The van der Waals surface area contributed by atoms with Crippen molar-refractivity contribution in [3.8, 4) is 0 Å². The van der Waals surface area contributed by atoms with Crippen molar-refractivity contribution in [1.29, 1.82) is 0 Å². The van der Waals surface area contributed by atoms with Crippen LogP contribution in [0.5, 0.6) is 0 Å². The first kappa shape index (κ1) is 17.9. The summed E-state index contributed by atoms with van der Waals surface area (Å²) in [7, 11) is 1.27. The van der Waals surface area contributed by atoms with Gasteiger partial charge in [-0.2, -0.15) is 0 Å². The Bertz CT molecular complexity index is 908. The molecule has 2 heterocycles. The first-order chi connectivity index (χ1) is 13.1. The van der Waals surface area contributed by atoms with E-state index in [2.05, 4.69) is 23.5 Å². The Morgan fingerprint density at radius 1 is 1.37 bits per heavy atom. The smallest absolute Gasteiger partial charge is 0.341 e. The molecule has 1 aromatic carbocycles. The number of hydrogen-bond acceptors (Lipinski definition) is 5. The van der Waals surface area contributed by atoms with Crippen LogP contribution in [0.15, 0.2) is 46.4 Å². The van der Waals surface area contributed by atoms with Crippen molar-refractivity contribution in [2.24, 2.45) is 0 Å². The van der Waals surface area contributed by atoms with E-state index in [0.29, 0.717) is 22.8 Å². The zero-order valence-corrected chi connectivity index (χ0v) is 15.2. The highest BCUT2D eigenvalue weighted by Gasteiger charge is 2.21. The molecule has 0 spiro atoms. The van der Waals surface area contributed by atoms with E-state index in [-0.39, 0.29) is 11.5 Å². The minimum Gasteiger partial charge on any atom is -0.465 e. The van der Waals surface area contributed by atoms with Crippen LogP contribution < -0.4 is 5.32 Å². The maximum absolute atomic E-state index is 13.8. The van der Waals surface area contributed by atoms with Gasteiger partial charge < -0.3 is 19.2 Å². The number of allylic oxidation sites excluding steroid dienone is 2. The topological polar surface area (TPSA) is 60.7 Å². The number of nitrogens with one attached hydrogen (secondary N) is 1. The molecule has 0 saturated carbocycles. The van der Waals surface area contributed by atoms with Gasteiger partial charge in [-0.25, -0.2) is 9.18 Å². The largest absolute Gasteiger partial charge is 0.465 e. The van der Waals surface area contributed by atoms with E-state index < -0.39 is 11.8 Å². The summed E-state index contributed by atoms with van der Waals surface area (Å²) in [5, 5.41) is 4.07. The fraction of sp³-hybridized carbons (Fsp3) is 0.381. The molecule has 1 aliphatic carbocycles. The molecule has 1 aliphatic heterocycles. The molecule has 1 saturated heterocycles. The molecule has 5 nitrogen and oxygen atoms in total. The van der Waals surface area contributed by atoms with E-state index in [1.807, 2.05) is 0 Å². The standard InChI is InChI=1S/C21H22FNO4/c1-25-21(24)18-10-16(22)8-15-9-19(27-20(15)18)14-4-2-13(3-5-14)11-23-17-6-7-26-12-17/h2-4,8-10,14,17,23H,5-7,11-12H2,1H3. The summed E-state index contributed by atoms with van der Waals surface area (Å²) in [5.41, 5.74) is 1.71. The van der Waals surface area contributed by atoms with Crippen LogP contribution in [0.25, 0.3) is 11.0 Å². The van der Waals surface area contributed by atoms with Crippen LogP contribution in [0.1, 0.15) is 34.9 Å². The summed E-state index contributed by atoms with van der Waals surface area (Å²) in [5.74, 6) is -0.323. The van der Waals surface area contributed by atoms with Crippen LogP contribution >= 0.6 is 0 Å². The Balaban J connectivity index is 1.49. The molecule has 1 aromatic heterocycles. The highest BCUT2D eigenvalue weighted by molar-refractivity contribution is 6.02. The van der Waals surface area contributed by atoms with Gasteiger partial charge >= 0.3 is 5.97 Å². The van der Waals surface area contributed by atoms with Gasteiger partial charge in [-0.3, -0.25) is 0 Å². The Morgan fingerprint density at radius 2 is 2.26 bits per heavy atom. The molecule has 6 heteroatoms. The lowest BCUT2D eigenvalue weighted by Gasteiger charge is -2.16. The zero-order chi connectivity index (χ0) is 18.8. The molecule has 142 valence electrons. The molecule has 2 aliphatic rings. The predicted octanol–water partition coefficient (Wildman–Crippen LogP) is 3.71. The third-order valence-electron chi connectivity index (χ3n) is 5.07. The van der Waals surface area contributed by atoms with Gasteiger partial charge in [0.1, 0.15) is 22.7 Å². The van der Waals surface area contributed by atoms with E-state index in [0.717, 1.165) is 38.7 Å². The lowest BCUT2D eigenvalue weighted by atomic mass is 9.94. The number of ether oxygens (including phenoxy) is 2. The van der Waals surface area contributed by atoms with Crippen LogP contribution in [-0.4, -0.2) is 38.9 Å². The number of fused-ring (bicyclic) bond motifs is 1. The van der Waals surface area contributed by atoms with E-state index in [1.165, 1.54) is 18.7 Å². The fourth-order valence-corrected chi connectivity index (χ4v) is 3.55. The number of hydrogen-bond donors (Lipinski definition) is 1. The fourth-order valence-electron chi connectivity index (χ4n) is 3.55. The number of halogens is 1. The summed E-state index contributed by atoms with van der Waals surface area (Å²) < 4.78 is 29.8. The maximum atomic E-state index is 13.8.